The van der Waals surface area contributed by atoms with E-state index in [1.165, 1.54) is 10.4 Å². The van der Waals surface area contributed by atoms with Gasteiger partial charge in [-0.2, -0.15) is 4.31 Å². The Bertz CT molecular complexity index is 1210. The van der Waals surface area contributed by atoms with Gasteiger partial charge < -0.3 is 14.8 Å². The lowest BCUT2D eigenvalue weighted by Gasteiger charge is -2.29. The van der Waals surface area contributed by atoms with E-state index < -0.39 is 16.1 Å². The largest absolute Gasteiger partial charge is 0.495 e. The molecule has 2 N–H and O–H groups in total. The molecule has 0 saturated carbocycles. The number of piperidine rings is 1. The van der Waals surface area contributed by atoms with Crippen molar-refractivity contribution in [3.63, 3.8) is 0 Å². The highest BCUT2D eigenvalue weighted by molar-refractivity contribution is 7.89. The van der Waals surface area contributed by atoms with Crippen LogP contribution in [0.15, 0.2) is 47.5 Å². The van der Waals surface area contributed by atoms with Crippen LogP contribution in [0.25, 0.3) is 22.6 Å². The van der Waals surface area contributed by atoms with Crippen LogP contribution in [0.3, 0.4) is 0 Å². The normalized spacial score (nSPS) is 15.9. The van der Waals surface area contributed by atoms with Gasteiger partial charge in [-0.25, -0.2) is 13.4 Å². The van der Waals surface area contributed by atoms with Gasteiger partial charge in [-0.05, 0) is 49.2 Å². The summed E-state index contributed by atoms with van der Waals surface area (Å²) in [5.74, 6) is 1.07. The van der Waals surface area contributed by atoms with E-state index in [9.17, 15) is 13.5 Å². The van der Waals surface area contributed by atoms with Crippen LogP contribution in [0.4, 0.5) is 0 Å². The first-order valence-electron chi connectivity index (χ1n) is 9.67. The molecule has 1 aliphatic rings. The van der Waals surface area contributed by atoms with Crippen LogP contribution >= 0.6 is 23.2 Å². The van der Waals surface area contributed by atoms with Crippen LogP contribution < -0.4 is 4.74 Å². The van der Waals surface area contributed by atoms with Gasteiger partial charge in [-0.1, -0.05) is 23.2 Å². The number of aliphatic hydroxyl groups is 1. The lowest BCUT2D eigenvalue weighted by atomic mass is 10.1. The van der Waals surface area contributed by atoms with Gasteiger partial charge in [-0.3, -0.25) is 0 Å². The molecule has 1 saturated heterocycles. The summed E-state index contributed by atoms with van der Waals surface area (Å²) in [6.45, 7) is 0.514. The number of halogens is 2. The van der Waals surface area contributed by atoms with Crippen LogP contribution in [-0.4, -0.2) is 54.1 Å². The molecule has 4 rings (SSSR count). The molecular formula is C21H21Cl2N3O4S. The van der Waals surface area contributed by atoms with Crippen LogP contribution in [0.5, 0.6) is 5.75 Å². The molecule has 2 aromatic carbocycles. The van der Waals surface area contributed by atoms with Crippen molar-refractivity contribution in [1.82, 2.24) is 14.3 Å². The Kier molecular flexibility index (Phi) is 6.27. The summed E-state index contributed by atoms with van der Waals surface area (Å²) < 4.78 is 32.8. The van der Waals surface area contributed by atoms with Crippen molar-refractivity contribution >= 4 is 33.2 Å². The summed E-state index contributed by atoms with van der Waals surface area (Å²) >= 11 is 12.5. The van der Waals surface area contributed by atoms with E-state index in [1.807, 2.05) is 6.07 Å². The van der Waals surface area contributed by atoms with Crippen molar-refractivity contribution in [2.24, 2.45) is 0 Å². The third kappa shape index (κ3) is 4.44. The fourth-order valence-corrected chi connectivity index (χ4v) is 5.74. The standard InChI is InChI=1S/C21H21Cl2N3O4S/c1-30-19-5-3-13(10-17(19)23)18-12-24-21(25-18)14-2-4-16(22)20(11-14)31(28,29)26-8-6-15(27)7-9-26/h2-5,10-12,15,27H,6-9H2,1H3,(H,24,25). The van der Waals surface area contributed by atoms with Crippen molar-refractivity contribution < 1.29 is 18.3 Å². The smallest absolute Gasteiger partial charge is 0.244 e. The molecule has 2 heterocycles. The zero-order valence-electron chi connectivity index (χ0n) is 16.7. The van der Waals surface area contributed by atoms with E-state index in [1.54, 1.807) is 37.6 Å². The molecule has 0 amide bonds. The molecule has 0 unspecified atom stereocenters. The molecule has 7 nitrogen and oxygen atoms in total. The highest BCUT2D eigenvalue weighted by atomic mass is 35.5. The Balaban J connectivity index is 1.65. The lowest BCUT2D eigenvalue weighted by molar-refractivity contribution is 0.113. The van der Waals surface area contributed by atoms with Crippen molar-refractivity contribution in [3.05, 3.63) is 52.6 Å². The highest BCUT2D eigenvalue weighted by Crippen LogP contribution is 2.33. The minimum atomic E-state index is -3.79. The molecule has 31 heavy (non-hydrogen) atoms. The maximum atomic E-state index is 13.1. The number of nitrogens with one attached hydrogen (secondary N) is 1. The number of aromatic amines is 1. The van der Waals surface area contributed by atoms with Crippen molar-refractivity contribution in [2.45, 2.75) is 23.8 Å². The molecule has 1 aliphatic heterocycles. The maximum absolute atomic E-state index is 13.1. The average molecular weight is 482 g/mol. The summed E-state index contributed by atoms with van der Waals surface area (Å²) in [6.07, 6.45) is 2.06. The first kappa shape index (κ1) is 22.1. The second kappa shape index (κ2) is 8.80. The van der Waals surface area contributed by atoms with Gasteiger partial charge in [0.1, 0.15) is 16.5 Å². The molecule has 3 aromatic rings. The van der Waals surface area contributed by atoms with Crippen LogP contribution in [-0.2, 0) is 10.0 Å². The first-order chi connectivity index (χ1) is 14.8. The monoisotopic (exact) mass is 481 g/mol. The molecular weight excluding hydrogens is 461 g/mol. The minimum absolute atomic E-state index is 0.0218. The van der Waals surface area contributed by atoms with Gasteiger partial charge in [0.15, 0.2) is 0 Å². The molecule has 1 aromatic heterocycles. The molecule has 0 aliphatic carbocycles. The van der Waals surface area contributed by atoms with Crippen LogP contribution in [0.1, 0.15) is 12.8 Å². The van der Waals surface area contributed by atoms with E-state index in [-0.39, 0.29) is 23.0 Å². The SMILES string of the molecule is COc1ccc(-c2c[nH]c(-c3ccc(Cl)c(S(=O)(=O)N4CCC(O)CC4)c3)n2)cc1Cl. The van der Waals surface area contributed by atoms with E-state index in [0.29, 0.717) is 40.7 Å². The Morgan fingerprint density at radius 3 is 2.48 bits per heavy atom. The number of hydrogen-bond acceptors (Lipinski definition) is 5. The van der Waals surface area contributed by atoms with Gasteiger partial charge in [0, 0.05) is 30.4 Å². The Labute approximate surface area is 190 Å². The van der Waals surface area contributed by atoms with Crippen LogP contribution in [0.2, 0.25) is 10.0 Å². The second-order valence-corrected chi connectivity index (χ2v) is 9.98. The molecule has 1 fully saturated rings. The third-order valence-electron chi connectivity index (χ3n) is 5.27. The quantitative estimate of drug-likeness (QED) is 0.568. The number of ether oxygens (including phenoxy) is 1. The van der Waals surface area contributed by atoms with Crippen molar-refractivity contribution in [2.75, 3.05) is 20.2 Å². The van der Waals surface area contributed by atoms with E-state index in [2.05, 4.69) is 9.97 Å². The summed E-state index contributed by atoms with van der Waals surface area (Å²) in [7, 11) is -2.24. The fraction of sp³-hybridized carbons (Fsp3) is 0.286. The maximum Gasteiger partial charge on any atom is 0.244 e. The number of sulfonamides is 1. The fourth-order valence-electron chi connectivity index (χ4n) is 3.51. The Morgan fingerprint density at radius 1 is 1.10 bits per heavy atom. The molecule has 10 heteroatoms. The van der Waals surface area contributed by atoms with Gasteiger partial charge in [0.2, 0.25) is 10.0 Å². The number of benzene rings is 2. The third-order valence-corrected chi connectivity index (χ3v) is 7.95. The van der Waals surface area contributed by atoms with Gasteiger partial charge in [-0.15, -0.1) is 0 Å². The van der Waals surface area contributed by atoms with Crippen molar-refractivity contribution in [3.8, 4) is 28.4 Å². The summed E-state index contributed by atoms with van der Waals surface area (Å²) in [5.41, 5.74) is 2.04. The summed E-state index contributed by atoms with van der Waals surface area (Å²) in [4.78, 5) is 7.69. The average Bonchev–Trinajstić information content (AvgIpc) is 3.24. The number of aliphatic hydroxyl groups excluding tert-OH is 1. The zero-order valence-corrected chi connectivity index (χ0v) is 19.0. The van der Waals surface area contributed by atoms with Gasteiger partial charge in [0.25, 0.3) is 0 Å². The molecule has 164 valence electrons. The van der Waals surface area contributed by atoms with E-state index in [0.717, 1.165) is 5.56 Å². The van der Waals surface area contributed by atoms with E-state index in [4.69, 9.17) is 27.9 Å². The number of rotatable bonds is 5. The number of H-pyrrole nitrogens is 1. The molecule has 0 radical (unpaired) electrons. The summed E-state index contributed by atoms with van der Waals surface area (Å²) in [6, 6.07) is 10.1. The second-order valence-electron chi connectivity index (χ2n) is 7.26. The first-order valence-corrected chi connectivity index (χ1v) is 11.9. The van der Waals surface area contributed by atoms with E-state index >= 15 is 0 Å². The lowest BCUT2D eigenvalue weighted by Crippen LogP contribution is -2.40. The topological polar surface area (TPSA) is 95.5 Å². The number of hydrogen-bond donors (Lipinski definition) is 2. The molecule has 0 bridgehead atoms. The van der Waals surface area contributed by atoms with Gasteiger partial charge >= 0.3 is 0 Å². The number of nitrogens with zero attached hydrogens (tertiary/aromatic N) is 2. The zero-order chi connectivity index (χ0) is 22.2. The molecule has 0 atom stereocenters. The highest BCUT2D eigenvalue weighted by Gasteiger charge is 2.30. The minimum Gasteiger partial charge on any atom is -0.495 e. The summed E-state index contributed by atoms with van der Waals surface area (Å²) in [5, 5.41) is 10.3. The molecule has 0 spiro atoms. The number of methoxy groups -OCH3 is 1. The Hall–Kier alpha value is -2.10. The van der Waals surface area contributed by atoms with Gasteiger partial charge in [0.05, 0.1) is 29.0 Å². The number of imidazole rings is 1. The van der Waals surface area contributed by atoms with Crippen LogP contribution in [0, 0.1) is 0 Å². The predicted molar refractivity (Wildman–Crippen MR) is 120 cm³/mol. The van der Waals surface area contributed by atoms with Crippen molar-refractivity contribution in [1.29, 1.82) is 0 Å². The predicted octanol–water partition coefficient (Wildman–Crippen LogP) is 4.20. The number of aromatic nitrogens is 2. The Morgan fingerprint density at radius 2 is 1.81 bits per heavy atom.